The van der Waals surface area contributed by atoms with E-state index in [1.807, 2.05) is 0 Å². The number of pyridine rings is 1. The predicted molar refractivity (Wildman–Crippen MR) is 72.9 cm³/mol. The van der Waals surface area contributed by atoms with Gasteiger partial charge >= 0.3 is 5.97 Å². The number of hydrogen-bond donors (Lipinski definition) is 2. The maximum Gasteiger partial charge on any atom is 0.326 e. The van der Waals surface area contributed by atoms with Crippen LogP contribution in [-0.2, 0) is 4.79 Å². The second kappa shape index (κ2) is 6.12. The number of nitrogens with zero attached hydrogens (tertiary/aromatic N) is 4. The van der Waals surface area contributed by atoms with Crippen LogP contribution < -0.4 is 5.32 Å². The first kappa shape index (κ1) is 14.6. The maximum absolute atomic E-state index is 12.1. The number of amides is 1. The lowest BCUT2D eigenvalue weighted by Crippen LogP contribution is -2.44. The molecule has 0 aliphatic carbocycles. The van der Waals surface area contributed by atoms with Crippen molar-refractivity contribution < 1.29 is 14.7 Å². The zero-order valence-corrected chi connectivity index (χ0v) is 11.6. The third-order valence-electron chi connectivity index (χ3n) is 2.88. The van der Waals surface area contributed by atoms with Gasteiger partial charge in [-0.3, -0.25) is 4.79 Å². The van der Waals surface area contributed by atoms with E-state index in [1.54, 1.807) is 13.8 Å². The van der Waals surface area contributed by atoms with Crippen molar-refractivity contribution in [2.24, 2.45) is 5.92 Å². The fourth-order valence-electron chi connectivity index (χ4n) is 1.75. The van der Waals surface area contributed by atoms with E-state index in [2.05, 4.69) is 20.4 Å². The minimum absolute atomic E-state index is 0.219. The Morgan fingerprint density at radius 2 is 2.14 bits per heavy atom. The summed E-state index contributed by atoms with van der Waals surface area (Å²) in [5, 5.41) is 15.5. The van der Waals surface area contributed by atoms with Crippen LogP contribution in [0.5, 0.6) is 0 Å². The summed E-state index contributed by atoms with van der Waals surface area (Å²) in [6, 6.07) is 2.08. The van der Waals surface area contributed by atoms with Crippen LogP contribution in [0.4, 0.5) is 0 Å². The van der Waals surface area contributed by atoms with Crippen molar-refractivity contribution in [3.05, 3.63) is 36.5 Å². The van der Waals surface area contributed by atoms with Gasteiger partial charge in [0.1, 0.15) is 18.7 Å². The molecule has 0 radical (unpaired) electrons. The first-order valence-electron chi connectivity index (χ1n) is 6.33. The predicted octanol–water partition coefficient (Wildman–Crippen LogP) is 0.501. The van der Waals surface area contributed by atoms with Crippen LogP contribution >= 0.6 is 0 Å². The Morgan fingerprint density at radius 3 is 2.71 bits per heavy atom. The van der Waals surface area contributed by atoms with Gasteiger partial charge in [0.05, 0.1) is 0 Å². The Labute approximate surface area is 120 Å². The van der Waals surface area contributed by atoms with Gasteiger partial charge in [-0.15, -0.1) is 0 Å². The summed E-state index contributed by atoms with van der Waals surface area (Å²) in [5.41, 5.74) is 0.308. The summed E-state index contributed by atoms with van der Waals surface area (Å²) >= 11 is 0. The van der Waals surface area contributed by atoms with E-state index in [4.69, 9.17) is 5.11 Å². The molecule has 0 unspecified atom stereocenters. The Hall–Kier alpha value is -2.77. The van der Waals surface area contributed by atoms with Gasteiger partial charge in [-0.1, -0.05) is 13.8 Å². The van der Waals surface area contributed by atoms with Crippen LogP contribution in [0, 0.1) is 5.92 Å². The number of carbonyl (C=O) groups is 2. The molecule has 1 amide bonds. The molecular formula is C13H15N5O3. The highest BCUT2D eigenvalue weighted by atomic mass is 16.4. The highest BCUT2D eigenvalue weighted by Gasteiger charge is 2.24. The van der Waals surface area contributed by atoms with Gasteiger partial charge in [-0.2, -0.15) is 5.10 Å². The van der Waals surface area contributed by atoms with Gasteiger partial charge in [-0.25, -0.2) is 19.4 Å². The first-order chi connectivity index (χ1) is 9.99. The highest BCUT2D eigenvalue weighted by molar-refractivity contribution is 5.96. The number of carboxylic acids is 1. The number of aliphatic carboxylic acids is 1. The summed E-state index contributed by atoms with van der Waals surface area (Å²) in [7, 11) is 0. The van der Waals surface area contributed by atoms with E-state index in [0.29, 0.717) is 11.4 Å². The molecule has 8 heteroatoms. The van der Waals surface area contributed by atoms with Crippen LogP contribution in [0.2, 0.25) is 0 Å². The number of nitrogens with one attached hydrogen (secondary N) is 1. The molecule has 0 spiro atoms. The van der Waals surface area contributed by atoms with Gasteiger partial charge in [0.2, 0.25) is 0 Å². The molecule has 2 heterocycles. The quantitative estimate of drug-likeness (QED) is 0.829. The van der Waals surface area contributed by atoms with Crippen molar-refractivity contribution in [2.45, 2.75) is 19.9 Å². The largest absolute Gasteiger partial charge is 0.480 e. The molecule has 8 nitrogen and oxygen atoms in total. The summed E-state index contributed by atoms with van der Waals surface area (Å²) in [5.74, 6) is -1.33. The van der Waals surface area contributed by atoms with E-state index >= 15 is 0 Å². The molecule has 2 rings (SSSR count). The lowest BCUT2D eigenvalue weighted by Gasteiger charge is -2.17. The molecule has 0 aliphatic heterocycles. The Balaban J connectivity index is 2.20. The molecular weight excluding hydrogens is 274 g/mol. The maximum atomic E-state index is 12.1. The normalized spacial score (nSPS) is 12.1. The average Bonchev–Trinajstić information content (AvgIpc) is 2.98. The van der Waals surface area contributed by atoms with E-state index < -0.39 is 17.9 Å². The average molecular weight is 289 g/mol. The monoisotopic (exact) mass is 289 g/mol. The van der Waals surface area contributed by atoms with Gasteiger partial charge in [0.25, 0.3) is 5.91 Å². The molecule has 0 aromatic carbocycles. The lowest BCUT2D eigenvalue weighted by atomic mass is 10.0. The Bertz CT molecular complexity index is 639. The standard InChI is InChI=1S/C13H15N5O3/c1-8(2)11(13(20)21)17-12(19)9-3-4-15-10(5-9)18-7-14-6-16-18/h3-8,11H,1-2H3,(H,17,19)(H,20,21)/t11-/m1/s1. The van der Waals surface area contributed by atoms with Gasteiger partial charge in [-0.05, 0) is 18.1 Å². The van der Waals surface area contributed by atoms with E-state index in [1.165, 1.54) is 35.7 Å². The van der Waals surface area contributed by atoms with Crippen molar-refractivity contribution in [1.82, 2.24) is 25.1 Å². The van der Waals surface area contributed by atoms with E-state index in [-0.39, 0.29) is 5.92 Å². The van der Waals surface area contributed by atoms with Gasteiger partial charge in [0.15, 0.2) is 5.82 Å². The minimum Gasteiger partial charge on any atom is -0.480 e. The summed E-state index contributed by atoms with van der Waals surface area (Å²) < 4.78 is 1.41. The second-order valence-corrected chi connectivity index (χ2v) is 4.78. The van der Waals surface area contributed by atoms with Crippen LogP contribution in [0.25, 0.3) is 5.82 Å². The molecule has 0 saturated heterocycles. The van der Waals surface area contributed by atoms with Crippen molar-refractivity contribution in [1.29, 1.82) is 0 Å². The third kappa shape index (κ3) is 3.41. The second-order valence-electron chi connectivity index (χ2n) is 4.78. The molecule has 0 aliphatic rings. The lowest BCUT2D eigenvalue weighted by molar-refractivity contribution is -0.140. The van der Waals surface area contributed by atoms with Crippen LogP contribution in [0.15, 0.2) is 31.0 Å². The summed E-state index contributed by atoms with van der Waals surface area (Å²) in [6.45, 7) is 3.46. The molecule has 110 valence electrons. The van der Waals surface area contributed by atoms with Crippen molar-refractivity contribution >= 4 is 11.9 Å². The van der Waals surface area contributed by atoms with Crippen LogP contribution in [0.3, 0.4) is 0 Å². The SMILES string of the molecule is CC(C)[C@@H](NC(=O)c1ccnc(-n2cncn2)c1)C(=O)O. The van der Waals surface area contributed by atoms with Crippen molar-refractivity contribution in [3.63, 3.8) is 0 Å². The smallest absolute Gasteiger partial charge is 0.326 e. The fourth-order valence-corrected chi connectivity index (χ4v) is 1.75. The Morgan fingerprint density at radius 1 is 1.38 bits per heavy atom. The minimum atomic E-state index is -1.07. The van der Waals surface area contributed by atoms with Crippen LogP contribution in [-0.4, -0.2) is 42.8 Å². The number of carboxylic acid groups (broad SMARTS) is 1. The molecule has 2 aromatic heterocycles. The fraction of sp³-hybridized carbons (Fsp3) is 0.308. The molecule has 1 atom stereocenters. The van der Waals surface area contributed by atoms with Crippen molar-refractivity contribution in [3.8, 4) is 5.82 Å². The van der Waals surface area contributed by atoms with Crippen LogP contribution in [0.1, 0.15) is 24.2 Å². The van der Waals surface area contributed by atoms with E-state index in [9.17, 15) is 9.59 Å². The first-order valence-corrected chi connectivity index (χ1v) is 6.33. The highest BCUT2D eigenvalue weighted by Crippen LogP contribution is 2.08. The van der Waals surface area contributed by atoms with E-state index in [0.717, 1.165) is 0 Å². The van der Waals surface area contributed by atoms with Crippen molar-refractivity contribution in [2.75, 3.05) is 0 Å². The van der Waals surface area contributed by atoms with Gasteiger partial charge in [0, 0.05) is 11.8 Å². The zero-order valence-electron chi connectivity index (χ0n) is 11.6. The number of hydrogen-bond acceptors (Lipinski definition) is 5. The topological polar surface area (TPSA) is 110 Å². The number of carbonyl (C=O) groups excluding carboxylic acids is 1. The molecule has 21 heavy (non-hydrogen) atoms. The Kier molecular flexibility index (Phi) is 4.27. The molecule has 2 N–H and O–H groups in total. The molecule has 0 fully saturated rings. The number of rotatable bonds is 5. The zero-order chi connectivity index (χ0) is 15.4. The summed E-state index contributed by atoms with van der Waals surface area (Å²) in [4.78, 5) is 31.1. The molecule has 2 aromatic rings. The summed E-state index contributed by atoms with van der Waals surface area (Å²) in [6.07, 6.45) is 4.27. The molecule has 0 bridgehead atoms. The number of aromatic nitrogens is 4. The molecule has 0 saturated carbocycles. The third-order valence-corrected chi connectivity index (χ3v) is 2.88. The van der Waals surface area contributed by atoms with Gasteiger partial charge < -0.3 is 10.4 Å².